The van der Waals surface area contributed by atoms with Crippen molar-refractivity contribution in [2.75, 3.05) is 6.54 Å². The number of rotatable bonds is 2. The summed E-state index contributed by atoms with van der Waals surface area (Å²) in [7, 11) is 0. The van der Waals surface area contributed by atoms with Crippen molar-refractivity contribution >= 4 is 34.7 Å². The Hall–Kier alpha value is -1.81. The molecule has 2 aromatic carbocycles. The number of fused-ring (bicyclic) bond motifs is 2. The molecule has 4 rings (SSSR count). The number of nitrogens with two attached hydrogens (primary N) is 1. The van der Waals surface area contributed by atoms with Gasteiger partial charge >= 0.3 is 0 Å². The highest BCUT2D eigenvalue weighted by Crippen LogP contribution is 2.42. The van der Waals surface area contributed by atoms with Gasteiger partial charge in [0.05, 0.1) is 6.04 Å². The molecule has 1 heterocycles. The summed E-state index contributed by atoms with van der Waals surface area (Å²) in [5, 5.41) is 1.39. The molecule has 3 nitrogen and oxygen atoms in total. The van der Waals surface area contributed by atoms with Gasteiger partial charge in [0.25, 0.3) is 0 Å². The Bertz CT molecular complexity index is 905. The largest absolute Gasteiger partial charge is 0.334 e. The number of hydrogen-bond acceptors (Lipinski definition) is 2. The minimum Gasteiger partial charge on any atom is -0.334 e. The molecule has 0 bridgehead atoms. The SMILES string of the molecule is CC1C2=C(CCN1C(=O)C(N)c1ccc(Cl)cc1)c1cc(Cl)ccc1C2. The Morgan fingerprint density at radius 3 is 2.58 bits per heavy atom. The van der Waals surface area contributed by atoms with Gasteiger partial charge in [-0.25, -0.2) is 0 Å². The van der Waals surface area contributed by atoms with Crippen LogP contribution in [0, 0.1) is 0 Å². The second-order valence-corrected chi connectivity index (χ2v) is 7.84. The molecule has 2 unspecified atom stereocenters. The molecule has 0 aromatic heterocycles. The van der Waals surface area contributed by atoms with Crippen molar-refractivity contribution in [3.8, 4) is 0 Å². The molecule has 1 aliphatic carbocycles. The van der Waals surface area contributed by atoms with Crippen molar-refractivity contribution in [1.82, 2.24) is 4.90 Å². The van der Waals surface area contributed by atoms with E-state index in [9.17, 15) is 4.79 Å². The molecule has 2 atom stereocenters. The molecule has 134 valence electrons. The van der Waals surface area contributed by atoms with Crippen LogP contribution in [0.15, 0.2) is 48.0 Å². The van der Waals surface area contributed by atoms with Crippen molar-refractivity contribution in [1.29, 1.82) is 0 Å². The number of benzene rings is 2. The van der Waals surface area contributed by atoms with Crippen molar-refractivity contribution in [3.05, 3.63) is 74.8 Å². The van der Waals surface area contributed by atoms with Crippen LogP contribution in [0.1, 0.15) is 36.1 Å². The molecule has 1 amide bonds. The van der Waals surface area contributed by atoms with Gasteiger partial charge in [0.1, 0.15) is 6.04 Å². The van der Waals surface area contributed by atoms with Crippen LogP contribution in [0.4, 0.5) is 0 Å². The van der Waals surface area contributed by atoms with Crippen molar-refractivity contribution in [2.45, 2.75) is 31.8 Å². The summed E-state index contributed by atoms with van der Waals surface area (Å²) in [5.74, 6) is -0.0413. The van der Waals surface area contributed by atoms with Crippen LogP contribution < -0.4 is 5.73 Å². The number of nitrogens with zero attached hydrogens (tertiary/aromatic N) is 1. The van der Waals surface area contributed by atoms with E-state index in [2.05, 4.69) is 13.0 Å². The molecule has 26 heavy (non-hydrogen) atoms. The number of amides is 1. The number of carbonyl (C=O) groups is 1. The van der Waals surface area contributed by atoms with Crippen molar-refractivity contribution in [2.24, 2.45) is 5.73 Å². The maximum atomic E-state index is 13.0. The summed E-state index contributed by atoms with van der Waals surface area (Å²) in [6.45, 7) is 2.76. The third-order valence-electron chi connectivity index (χ3n) is 5.52. The Kier molecular flexibility index (Phi) is 4.55. The molecular formula is C21H20Cl2N2O. The van der Waals surface area contributed by atoms with Crippen LogP contribution in [0.5, 0.6) is 0 Å². The fourth-order valence-electron chi connectivity index (χ4n) is 4.07. The minimum absolute atomic E-state index is 0.0378. The summed E-state index contributed by atoms with van der Waals surface area (Å²) in [5.41, 5.74) is 12.2. The zero-order valence-electron chi connectivity index (χ0n) is 14.5. The molecule has 0 spiro atoms. The van der Waals surface area contributed by atoms with Gasteiger partial charge in [-0.1, -0.05) is 41.4 Å². The average molecular weight is 387 g/mol. The summed E-state index contributed by atoms with van der Waals surface area (Å²) in [4.78, 5) is 14.9. The average Bonchev–Trinajstić information content (AvgIpc) is 3.00. The van der Waals surface area contributed by atoms with Crippen LogP contribution in [-0.4, -0.2) is 23.4 Å². The standard InChI is InChI=1S/C21H20Cl2N2O/c1-12-18-10-14-4-7-16(23)11-19(14)17(18)8-9-25(12)21(26)20(24)13-2-5-15(22)6-3-13/h2-7,11-12,20H,8-10,24H2,1H3. The van der Waals surface area contributed by atoms with E-state index in [1.165, 1.54) is 22.3 Å². The second kappa shape index (κ2) is 6.73. The van der Waals surface area contributed by atoms with Gasteiger partial charge in [-0.05, 0) is 71.9 Å². The lowest BCUT2D eigenvalue weighted by atomic mass is 9.92. The van der Waals surface area contributed by atoms with E-state index in [0.717, 1.165) is 23.4 Å². The van der Waals surface area contributed by atoms with Crippen LogP contribution in [0.3, 0.4) is 0 Å². The second-order valence-electron chi connectivity index (χ2n) is 6.97. The first kappa shape index (κ1) is 17.6. The number of hydrogen-bond donors (Lipinski definition) is 1. The molecule has 2 aromatic rings. The predicted octanol–water partition coefficient (Wildman–Crippen LogP) is 4.62. The topological polar surface area (TPSA) is 46.3 Å². The summed E-state index contributed by atoms with van der Waals surface area (Å²) < 4.78 is 0. The molecule has 1 aliphatic heterocycles. The smallest absolute Gasteiger partial charge is 0.244 e. The lowest BCUT2D eigenvalue weighted by Gasteiger charge is -2.37. The van der Waals surface area contributed by atoms with Gasteiger partial charge in [0, 0.05) is 16.6 Å². The fraction of sp³-hybridized carbons (Fsp3) is 0.286. The third-order valence-corrected chi connectivity index (χ3v) is 6.01. The first-order valence-corrected chi connectivity index (χ1v) is 9.53. The van der Waals surface area contributed by atoms with Crippen molar-refractivity contribution in [3.63, 3.8) is 0 Å². The highest BCUT2D eigenvalue weighted by atomic mass is 35.5. The van der Waals surface area contributed by atoms with E-state index in [-0.39, 0.29) is 11.9 Å². The highest BCUT2D eigenvalue weighted by Gasteiger charge is 2.36. The Morgan fingerprint density at radius 2 is 1.85 bits per heavy atom. The monoisotopic (exact) mass is 386 g/mol. The van der Waals surface area contributed by atoms with Gasteiger partial charge in [-0.2, -0.15) is 0 Å². The first-order chi connectivity index (χ1) is 12.5. The van der Waals surface area contributed by atoms with Gasteiger partial charge in [0.15, 0.2) is 0 Å². The quantitative estimate of drug-likeness (QED) is 0.817. The van der Waals surface area contributed by atoms with Crippen LogP contribution in [0.25, 0.3) is 5.57 Å². The summed E-state index contributed by atoms with van der Waals surface area (Å²) in [6, 6.07) is 12.6. The molecule has 2 N–H and O–H groups in total. The predicted molar refractivity (Wildman–Crippen MR) is 106 cm³/mol. The van der Waals surface area contributed by atoms with Crippen molar-refractivity contribution < 1.29 is 4.79 Å². The lowest BCUT2D eigenvalue weighted by Crippen LogP contribution is -2.47. The van der Waals surface area contributed by atoms with Crippen LogP contribution in [0.2, 0.25) is 10.0 Å². The molecule has 0 fully saturated rings. The fourth-order valence-corrected chi connectivity index (χ4v) is 4.37. The van der Waals surface area contributed by atoms with E-state index >= 15 is 0 Å². The van der Waals surface area contributed by atoms with Gasteiger partial charge < -0.3 is 10.6 Å². The molecule has 0 radical (unpaired) electrons. The van der Waals surface area contributed by atoms with Gasteiger partial charge in [-0.15, -0.1) is 0 Å². The summed E-state index contributed by atoms with van der Waals surface area (Å²) >= 11 is 12.1. The minimum atomic E-state index is -0.671. The third kappa shape index (κ3) is 2.94. The molecule has 0 saturated heterocycles. The molecule has 5 heteroatoms. The van der Waals surface area contributed by atoms with E-state index in [0.29, 0.717) is 11.6 Å². The van der Waals surface area contributed by atoms with Gasteiger partial charge in [-0.3, -0.25) is 4.79 Å². The van der Waals surface area contributed by atoms with Crippen LogP contribution >= 0.6 is 23.2 Å². The molecule has 2 aliphatic rings. The lowest BCUT2D eigenvalue weighted by molar-refractivity contribution is -0.134. The Labute approximate surface area is 163 Å². The molecular weight excluding hydrogens is 367 g/mol. The van der Waals surface area contributed by atoms with Gasteiger partial charge in [0.2, 0.25) is 5.91 Å². The zero-order valence-corrected chi connectivity index (χ0v) is 16.0. The summed E-state index contributed by atoms with van der Waals surface area (Å²) in [6.07, 6.45) is 1.72. The van der Waals surface area contributed by atoms with Crippen LogP contribution in [-0.2, 0) is 11.2 Å². The van der Waals surface area contributed by atoms with E-state index in [1.807, 2.05) is 29.2 Å². The maximum absolute atomic E-state index is 13.0. The number of carbonyl (C=O) groups excluding carboxylic acids is 1. The van der Waals surface area contributed by atoms with E-state index in [4.69, 9.17) is 28.9 Å². The Morgan fingerprint density at radius 1 is 1.15 bits per heavy atom. The molecule has 0 saturated carbocycles. The zero-order chi connectivity index (χ0) is 18.4. The van der Waals surface area contributed by atoms with E-state index < -0.39 is 6.04 Å². The highest BCUT2D eigenvalue weighted by molar-refractivity contribution is 6.31. The normalized spacial score (nSPS) is 20.0. The maximum Gasteiger partial charge on any atom is 0.244 e. The first-order valence-electron chi connectivity index (χ1n) is 8.78. The number of halogens is 2. The van der Waals surface area contributed by atoms with E-state index in [1.54, 1.807) is 12.1 Å². The Balaban J connectivity index is 1.58.